The summed E-state index contributed by atoms with van der Waals surface area (Å²) in [5, 5.41) is 5.73. The van der Waals surface area contributed by atoms with Gasteiger partial charge in [-0.1, -0.05) is 13.0 Å². The van der Waals surface area contributed by atoms with E-state index in [0.717, 1.165) is 6.42 Å². The van der Waals surface area contributed by atoms with E-state index in [1.54, 1.807) is 11.0 Å². The third-order valence-electron chi connectivity index (χ3n) is 6.05. The van der Waals surface area contributed by atoms with Crippen LogP contribution in [0.3, 0.4) is 0 Å². The largest absolute Gasteiger partial charge is 0.352 e. The van der Waals surface area contributed by atoms with E-state index in [2.05, 4.69) is 10.6 Å². The molecule has 1 saturated heterocycles. The Morgan fingerprint density at radius 2 is 1.64 bits per heavy atom. The van der Waals surface area contributed by atoms with Crippen LogP contribution in [0.15, 0.2) is 48.5 Å². The van der Waals surface area contributed by atoms with Crippen molar-refractivity contribution >= 4 is 17.7 Å². The molecule has 3 amide bonds. The monoisotopic (exact) mass is 457 g/mol. The van der Waals surface area contributed by atoms with Gasteiger partial charge in [0.1, 0.15) is 17.7 Å². The summed E-state index contributed by atoms with van der Waals surface area (Å²) in [7, 11) is 0. The zero-order valence-electron chi connectivity index (χ0n) is 18.8. The molecule has 2 atom stereocenters. The Hall–Kier alpha value is -3.29. The summed E-state index contributed by atoms with van der Waals surface area (Å²) in [4.78, 5) is 40.1. The second-order valence-corrected chi connectivity index (χ2v) is 8.42. The third-order valence-corrected chi connectivity index (χ3v) is 6.05. The smallest absolute Gasteiger partial charge is 0.253 e. The molecule has 1 aliphatic rings. The van der Waals surface area contributed by atoms with Crippen LogP contribution < -0.4 is 10.6 Å². The van der Waals surface area contributed by atoms with Gasteiger partial charge in [-0.15, -0.1) is 0 Å². The number of piperidine rings is 1. The number of rotatable bonds is 7. The minimum absolute atomic E-state index is 0.0580. The van der Waals surface area contributed by atoms with Crippen LogP contribution in [0.4, 0.5) is 8.78 Å². The van der Waals surface area contributed by atoms with Gasteiger partial charge < -0.3 is 15.5 Å². The molecular weight excluding hydrogens is 428 g/mol. The summed E-state index contributed by atoms with van der Waals surface area (Å²) in [6.45, 7) is 4.61. The molecule has 2 N–H and O–H groups in total. The van der Waals surface area contributed by atoms with Gasteiger partial charge in [-0.05, 0) is 74.6 Å². The number of carbonyl (C=O) groups excluding carboxylic acids is 3. The summed E-state index contributed by atoms with van der Waals surface area (Å²) < 4.78 is 26.7. The molecule has 3 rings (SSSR count). The molecule has 1 fully saturated rings. The van der Waals surface area contributed by atoms with E-state index in [-0.39, 0.29) is 34.9 Å². The summed E-state index contributed by atoms with van der Waals surface area (Å²) in [5.74, 6) is -2.11. The number of hydrogen-bond donors (Lipinski definition) is 2. The van der Waals surface area contributed by atoms with Gasteiger partial charge in [-0.3, -0.25) is 14.4 Å². The third kappa shape index (κ3) is 6.37. The maximum Gasteiger partial charge on any atom is 0.253 e. The first-order chi connectivity index (χ1) is 15.8. The number of nitrogens with one attached hydrogen (secondary N) is 2. The quantitative estimate of drug-likeness (QED) is 0.668. The first-order valence-electron chi connectivity index (χ1n) is 11.2. The van der Waals surface area contributed by atoms with Gasteiger partial charge in [0.05, 0.1) is 0 Å². The number of nitrogens with zero attached hydrogens (tertiary/aromatic N) is 1. The lowest BCUT2D eigenvalue weighted by Gasteiger charge is -2.36. The number of halogens is 2. The maximum atomic E-state index is 13.5. The van der Waals surface area contributed by atoms with Crippen molar-refractivity contribution in [2.45, 2.75) is 45.2 Å². The molecule has 6 nitrogen and oxygen atoms in total. The van der Waals surface area contributed by atoms with Crippen molar-refractivity contribution in [3.05, 3.63) is 71.3 Å². The minimum Gasteiger partial charge on any atom is -0.352 e. The first-order valence-corrected chi connectivity index (χ1v) is 11.2. The Morgan fingerprint density at radius 1 is 0.970 bits per heavy atom. The van der Waals surface area contributed by atoms with Crippen LogP contribution in [0.25, 0.3) is 0 Å². The molecule has 176 valence electrons. The summed E-state index contributed by atoms with van der Waals surface area (Å²) in [6, 6.07) is 9.84. The van der Waals surface area contributed by atoms with Gasteiger partial charge >= 0.3 is 0 Å². The van der Waals surface area contributed by atoms with Crippen molar-refractivity contribution in [3.63, 3.8) is 0 Å². The Kier molecular flexibility index (Phi) is 8.14. The fourth-order valence-corrected chi connectivity index (χ4v) is 3.90. The fraction of sp³-hybridized carbons (Fsp3) is 0.400. The second-order valence-electron chi connectivity index (χ2n) is 8.42. The van der Waals surface area contributed by atoms with E-state index in [4.69, 9.17) is 0 Å². The van der Waals surface area contributed by atoms with E-state index in [1.165, 1.54) is 42.5 Å². The van der Waals surface area contributed by atoms with Crippen molar-refractivity contribution in [1.29, 1.82) is 0 Å². The van der Waals surface area contributed by atoms with E-state index in [9.17, 15) is 23.2 Å². The Morgan fingerprint density at radius 3 is 2.24 bits per heavy atom. The summed E-state index contributed by atoms with van der Waals surface area (Å²) in [6.07, 6.45) is 1.75. The van der Waals surface area contributed by atoms with Crippen molar-refractivity contribution < 1.29 is 23.2 Å². The molecular formula is C25H29F2N3O3. The molecule has 0 radical (unpaired) electrons. The fourth-order valence-electron chi connectivity index (χ4n) is 3.90. The van der Waals surface area contributed by atoms with Crippen LogP contribution in [0.2, 0.25) is 0 Å². The van der Waals surface area contributed by atoms with Crippen LogP contribution in [0, 0.1) is 17.6 Å². The number of amides is 3. The molecule has 0 aliphatic carbocycles. The van der Waals surface area contributed by atoms with Crippen molar-refractivity contribution in [1.82, 2.24) is 15.5 Å². The molecule has 0 saturated carbocycles. The van der Waals surface area contributed by atoms with Crippen LogP contribution >= 0.6 is 0 Å². The standard InChI is InChI=1S/C25H29F2N3O3/c1-3-16(2)28-24(32)22(29-23(31)18-7-9-20(26)10-8-18)17-11-13-30(14-12-17)25(33)19-5-4-6-21(27)15-19/h4-10,15-17,22H,3,11-14H2,1-2H3,(H,28,32)(H,29,31). The van der Waals surface area contributed by atoms with Crippen molar-refractivity contribution in [2.75, 3.05) is 13.1 Å². The Bertz CT molecular complexity index is 989. The van der Waals surface area contributed by atoms with Crippen molar-refractivity contribution in [2.24, 2.45) is 5.92 Å². The zero-order valence-corrected chi connectivity index (χ0v) is 18.8. The predicted molar refractivity (Wildman–Crippen MR) is 121 cm³/mol. The molecule has 2 aromatic carbocycles. The highest BCUT2D eigenvalue weighted by Crippen LogP contribution is 2.23. The highest BCUT2D eigenvalue weighted by Gasteiger charge is 2.34. The minimum atomic E-state index is -0.789. The van der Waals surface area contributed by atoms with Gasteiger partial charge in [0, 0.05) is 30.3 Å². The molecule has 33 heavy (non-hydrogen) atoms. The lowest BCUT2D eigenvalue weighted by atomic mass is 9.88. The van der Waals surface area contributed by atoms with Gasteiger partial charge in [-0.2, -0.15) is 0 Å². The number of carbonyl (C=O) groups is 3. The highest BCUT2D eigenvalue weighted by molar-refractivity contribution is 5.97. The van der Waals surface area contributed by atoms with Gasteiger partial charge in [0.15, 0.2) is 0 Å². The van der Waals surface area contributed by atoms with Crippen LogP contribution in [-0.4, -0.2) is 47.8 Å². The molecule has 1 heterocycles. The number of hydrogen-bond acceptors (Lipinski definition) is 3. The zero-order chi connectivity index (χ0) is 24.0. The topological polar surface area (TPSA) is 78.5 Å². The van der Waals surface area contributed by atoms with Gasteiger partial charge in [0.25, 0.3) is 11.8 Å². The van der Waals surface area contributed by atoms with Crippen molar-refractivity contribution in [3.8, 4) is 0 Å². The summed E-state index contributed by atoms with van der Waals surface area (Å²) >= 11 is 0. The van der Waals surface area contributed by atoms with E-state index in [0.29, 0.717) is 25.9 Å². The lowest BCUT2D eigenvalue weighted by Crippen LogP contribution is -2.55. The Labute approximate surface area is 192 Å². The predicted octanol–water partition coefficient (Wildman–Crippen LogP) is 3.53. The average Bonchev–Trinajstić information content (AvgIpc) is 2.82. The van der Waals surface area contributed by atoms with Crippen LogP contribution in [-0.2, 0) is 4.79 Å². The molecule has 8 heteroatoms. The molecule has 2 unspecified atom stereocenters. The molecule has 0 aromatic heterocycles. The van der Waals surface area contributed by atoms with Crippen LogP contribution in [0.5, 0.6) is 0 Å². The number of benzene rings is 2. The second kappa shape index (κ2) is 11.0. The van der Waals surface area contributed by atoms with E-state index in [1.807, 2.05) is 13.8 Å². The molecule has 0 spiro atoms. The molecule has 2 aromatic rings. The number of likely N-dealkylation sites (tertiary alicyclic amines) is 1. The maximum absolute atomic E-state index is 13.5. The average molecular weight is 458 g/mol. The van der Waals surface area contributed by atoms with E-state index < -0.39 is 23.6 Å². The summed E-state index contributed by atoms with van der Waals surface area (Å²) in [5.41, 5.74) is 0.542. The molecule has 0 bridgehead atoms. The normalized spacial score (nSPS) is 16.1. The highest BCUT2D eigenvalue weighted by atomic mass is 19.1. The van der Waals surface area contributed by atoms with Gasteiger partial charge in [0.2, 0.25) is 5.91 Å². The first kappa shape index (κ1) is 24.4. The van der Waals surface area contributed by atoms with Gasteiger partial charge in [-0.25, -0.2) is 8.78 Å². The molecule has 1 aliphatic heterocycles. The van der Waals surface area contributed by atoms with E-state index >= 15 is 0 Å². The SMILES string of the molecule is CCC(C)NC(=O)C(NC(=O)c1ccc(F)cc1)C1CCN(C(=O)c2cccc(F)c2)CC1. The van der Waals surface area contributed by atoms with Crippen LogP contribution in [0.1, 0.15) is 53.8 Å². The Balaban J connectivity index is 1.70. The lowest BCUT2D eigenvalue weighted by molar-refractivity contribution is -0.125.